The molecule has 0 unspecified atom stereocenters. The summed E-state index contributed by atoms with van der Waals surface area (Å²) in [5.41, 5.74) is 3.17. The molecule has 0 saturated carbocycles. The highest BCUT2D eigenvalue weighted by Gasteiger charge is 2.29. The summed E-state index contributed by atoms with van der Waals surface area (Å²) in [7, 11) is 1.56. The van der Waals surface area contributed by atoms with E-state index >= 15 is 0 Å². The zero-order chi connectivity index (χ0) is 14.1. The van der Waals surface area contributed by atoms with Crippen LogP contribution >= 0.6 is 11.6 Å². The first-order valence-electron chi connectivity index (χ1n) is 6.63. The van der Waals surface area contributed by atoms with Gasteiger partial charge in [-0.15, -0.1) is 0 Å². The van der Waals surface area contributed by atoms with Crippen molar-refractivity contribution >= 4 is 17.4 Å². The standard InChI is InChI=1S/C17H15ClO2/c1-20-16-10-14(18)6-7-15(16)17(19)13-8-11-4-2-3-5-12(11)9-13/h2-7,10,13H,8-9H2,1H3. The summed E-state index contributed by atoms with van der Waals surface area (Å²) < 4.78 is 5.28. The van der Waals surface area contributed by atoms with Crippen LogP contribution in [0.1, 0.15) is 21.5 Å². The van der Waals surface area contributed by atoms with Gasteiger partial charge in [-0.2, -0.15) is 0 Å². The molecule has 0 bridgehead atoms. The van der Waals surface area contributed by atoms with Crippen molar-refractivity contribution in [3.05, 3.63) is 64.2 Å². The maximum Gasteiger partial charge on any atom is 0.170 e. The van der Waals surface area contributed by atoms with Gasteiger partial charge in [0.2, 0.25) is 0 Å². The van der Waals surface area contributed by atoms with Crippen LogP contribution in [-0.4, -0.2) is 12.9 Å². The number of methoxy groups -OCH3 is 1. The van der Waals surface area contributed by atoms with E-state index in [0.717, 1.165) is 12.8 Å². The van der Waals surface area contributed by atoms with Gasteiger partial charge in [-0.05, 0) is 42.2 Å². The van der Waals surface area contributed by atoms with E-state index in [4.69, 9.17) is 16.3 Å². The van der Waals surface area contributed by atoms with E-state index in [-0.39, 0.29) is 11.7 Å². The third-order valence-electron chi connectivity index (χ3n) is 3.85. The Balaban J connectivity index is 1.88. The summed E-state index contributed by atoms with van der Waals surface area (Å²) in [4.78, 5) is 12.7. The van der Waals surface area contributed by atoms with Crippen LogP contribution in [0.3, 0.4) is 0 Å². The predicted octanol–water partition coefficient (Wildman–Crippen LogP) is 3.95. The maximum absolute atomic E-state index is 12.7. The van der Waals surface area contributed by atoms with Crippen LogP contribution in [0.25, 0.3) is 0 Å². The van der Waals surface area contributed by atoms with E-state index in [2.05, 4.69) is 12.1 Å². The first kappa shape index (κ1) is 13.2. The molecule has 1 aliphatic carbocycles. The van der Waals surface area contributed by atoms with E-state index in [1.165, 1.54) is 11.1 Å². The van der Waals surface area contributed by atoms with Gasteiger partial charge in [-0.25, -0.2) is 0 Å². The smallest absolute Gasteiger partial charge is 0.170 e. The Kier molecular flexibility index (Phi) is 3.49. The lowest BCUT2D eigenvalue weighted by Gasteiger charge is -2.12. The Morgan fingerprint density at radius 3 is 2.40 bits per heavy atom. The Bertz CT molecular complexity index is 639. The summed E-state index contributed by atoms with van der Waals surface area (Å²) in [6.07, 6.45) is 1.61. The number of carbonyl (C=O) groups is 1. The van der Waals surface area contributed by atoms with Crippen molar-refractivity contribution in [2.75, 3.05) is 7.11 Å². The fourth-order valence-electron chi connectivity index (χ4n) is 2.83. The molecule has 20 heavy (non-hydrogen) atoms. The number of halogens is 1. The summed E-state index contributed by atoms with van der Waals surface area (Å²) in [6.45, 7) is 0. The Hall–Kier alpha value is -1.80. The summed E-state index contributed by atoms with van der Waals surface area (Å²) >= 11 is 5.94. The van der Waals surface area contributed by atoms with Crippen LogP contribution in [-0.2, 0) is 12.8 Å². The second-order valence-corrected chi connectivity index (χ2v) is 5.52. The lowest BCUT2D eigenvalue weighted by Crippen LogP contribution is -2.16. The Morgan fingerprint density at radius 2 is 1.80 bits per heavy atom. The molecule has 2 nitrogen and oxygen atoms in total. The largest absolute Gasteiger partial charge is 0.496 e. The van der Waals surface area contributed by atoms with Gasteiger partial charge in [-0.3, -0.25) is 4.79 Å². The third kappa shape index (κ3) is 2.32. The lowest BCUT2D eigenvalue weighted by molar-refractivity contribution is 0.0921. The van der Waals surface area contributed by atoms with Crippen molar-refractivity contribution in [1.29, 1.82) is 0 Å². The molecule has 3 heteroatoms. The van der Waals surface area contributed by atoms with E-state index < -0.39 is 0 Å². The molecule has 0 heterocycles. The normalized spacial score (nSPS) is 14.1. The van der Waals surface area contributed by atoms with Crippen molar-refractivity contribution in [3.8, 4) is 5.75 Å². The molecule has 0 saturated heterocycles. The predicted molar refractivity (Wildman–Crippen MR) is 79.7 cm³/mol. The number of hydrogen-bond acceptors (Lipinski definition) is 2. The van der Waals surface area contributed by atoms with E-state index in [0.29, 0.717) is 16.3 Å². The van der Waals surface area contributed by atoms with Crippen LogP contribution in [0.4, 0.5) is 0 Å². The molecule has 0 spiro atoms. The second kappa shape index (κ2) is 5.29. The topological polar surface area (TPSA) is 26.3 Å². The van der Waals surface area contributed by atoms with E-state index in [1.807, 2.05) is 12.1 Å². The lowest BCUT2D eigenvalue weighted by atomic mass is 9.94. The van der Waals surface area contributed by atoms with Gasteiger partial charge >= 0.3 is 0 Å². The molecule has 2 aromatic rings. The van der Waals surface area contributed by atoms with Gasteiger partial charge in [0.15, 0.2) is 5.78 Å². The number of hydrogen-bond donors (Lipinski definition) is 0. The number of ketones is 1. The van der Waals surface area contributed by atoms with Gasteiger partial charge in [0, 0.05) is 10.9 Å². The van der Waals surface area contributed by atoms with Crippen LogP contribution in [0.5, 0.6) is 5.75 Å². The van der Waals surface area contributed by atoms with Crippen molar-refractivity contribution in [2.45, 2.75) is 12.8 Å². The molecule has 2 aromatic carbocycles. The van der Waals surface area contributed by atoms with Crippen molar-refractivity contribution in [3.63, 3.8) is 0 Å². The average Bonchev–Trinajstić information content (AvgIpc) is 2.90. The van der Waals surface area contributed by atoms with Crippen LogP contribution in [0, 0.1) is 5.92 Å². The number of ether oxygens (including phenoxy) is 1. The van der Waals surface area contributed by atoms with Gasteiger partial charge in [0.05, 0.1) is 12.7 Å². The average molecular weight is 287 g/mol. The molecule has 0 fully saturated rings. The molecular weight excluding hydrogens is 272 g/mol. The molecule has 0 N–H and O–H groups in total. The fraction of sp³-hybridized carbons (Fsp3) is 0.235. The van der Waals surface area contributed by atoms with Gasteiger partial charge < -0.3 is 4.74 Å². The summed E-state index contributed by atoms with van der Waals surface area (Å²) in [5, 5.41) is 0.577. The highest BCUT2D eigenvalue weighted by Crippen LogP contribution is 2.32. The fourth-order valence-corrected chi connectivity index (χ4v) is 2.99. The number of benzene rings is 2. The third-order valence-corrected chi connectivity index (χ3v) is 4.09. The number of fused-ring (bicyclic) bond motifs is 1. The quantitative estimate of drug-likeness (QED) is 0.799. The summed E-state index contributed by atoms with van der Waals surface area (Å²) in [6, 6.07) is 13.4. The minimum atomic E-state index is 0.00229. The second-order valence-electron chi connectivity index (χ2n) is 5.08. The summed E-state index contributed by atoms with van der Waals surface area (Å²) in [5.74, 6) is 0.690. The highest BCUT2D eigenvalue weighted by atomic mass is 35.5. The SMILES string of the molecule is COc1cc(Cl)ccc1C(=O)C1Cc2ccccc2C1. The van der Waals surface area contributed by atoms with Crippen molar-refractivity contribution in [2.24, 2.45) is 5.92 Å². The van der Waals surface area contributed by atoms with E-state index in [9.17, 15) is 4.79 Å². The van der Waals surface area contributed by atoms with Gasteiger partial charge in [0.1, 0.15) is 5.75 Å². The molecule has 0 aromatic heterocycles. The van der Waals surface area contributed by atoms with E-state index in [1.54, 1.807) is 25.3 Å². The number of rotatable bonds is 3. The molecule has 0 atom stereocenters. The Morgan fingerprint density at radius 1 is 1.15 bits per heavy atom. The minimum absolute atomic E-state index is 0.00229. The first-order valence-corrected chi connectivity index (χ1v) is 7.01. The molecule has 0 amide bonds. The first-order chi connectivity index (χ1) is 9.69. The zero-order valence-corrected chi connectivity index (χ0v) is 12.0. The number of carbonyl (C=O) groups excluding carboxylic acids is 1. The van der Waals surface area contributed by atoms with Crippen LogP contribution < -0.4 is 4.74 Å². The van der Waals surface area contributed by atoms with Crippen molar-refractivity contribution < 1.29 is 9.53 Å². The van der Waals surface area contributed by atoms with Crippen molar-refractivity contribution in [1.82, 2.24) is 0 Å². The molecule has 1 aliphatic rings. The van der Waals surface area contributed by atoms with Gasteiger partial charge in [-0.1, -0.05) is 35.9 Å². The van der Waals surface area contributed by atoms with Crippen LogP contribution in [0.15, 0.2) is 42.5 Å². The van der Waals surface area contributed by atoms with Crippen LogP contribution in [0.2, 0.25) is 5.02 Å². The molecular formula is C17H15ClO2. The molecule has 0 aliphatic heterocycles. The molecule has 3 rings (SSSR count). The number of Topliss-reactive ketones (excluding diaryl/α,β-unsaturated/α-hetero) is 1. The highest BCUT2D eigenvalue weighted by molar-refractivity contribution is 6.30. The monoisotopic (exact) mass is 286 g/mol. The maximum atomic E-state index is 12.7. The molecule has 102 valence electrons. The zero-order valence-electron chi connectivity index (χ0n) is 11.2. The molecule has 0 radical (unpaired) electrons. The minimum Gasteiger partial charge on any atom is -0.496 e. The van der Waals surface area contributed by atoms with Gasteiger partial charge in [0.25, 0.3) is 0 Å². The Labute approximate surface area is 123 Å².